The van der Waals surface area contributed by atoms with E-state index in [0.29, 0.717) is 18.6 Å². The van der Waals surface area contributed by atoms with E-state index in [1.807, 2.05) is 0 Å². The molecule has 0 radical (unpaired) electrons. The zero-order valence-corrected chi connectivity index (χ0v) is 8.16. The van der Waals surface area contributed by atoms with Crippen LogP contribution in [0.15, 0.2) is 12.2 Å². The van der Waals surface area contributed by atoms with Crippen LogP contribution < -0.4 is 0 Å². The molecule has 0 aromatic heterocycles. The van der Waals surface area contributed by atoms with Crippen LogP contribution in [0.2, 0.25) is 0 Å². The molecular weight excluding hydrogens is 160 g/mol. The molecule has 0 bridgehead atoms. The quantitative estimate of drug-likeness (QED) is 0.447. The Balaban J connectivity index is 3.29. The van der Waals surface area contributed by atoms with Gasteiger partial charge < -0.3 is 4.74 Å². The number of halogens is 1. The third-order valence-corrected chi connectivity index (χ3v) is 1.83. The van der Waals surface area contributed by atoms with Gasteiger partial charge in [-0.15, -0.1) is 11.6 Å². The number of alkyl halides is 1. The van der Waals surface area contributed by atoms with Gasteiger partial charge in [-0.1, -0.05) is 19.9 Å². The monoisotopic (exact) mass is 176 g/mol. The minimum absolute atomic E-state index is 0.333. The second-order valence-corrected chi connectivity index (χ2v) is 3.06. The molecule has 1 nitrogen and oxygen atoms in total. The highest BCUT2D eigenvalue weighted by Crippen LogP contribution is 2.03. The third-order valence-electron chi connectivity index (χ3n) is 1.46. The Morgan fingerprint density at radius 1 is 1.64 bits per heavy atom. The van der Waals surface area contributed by atoms with Crippen LogP contribution in [0.4, 0.5) is 0 Å². The minimum Gasteiger partial charge on any atom is -0.374 e. The van der Waals surface area contributed by atoms with E-state index < -0.39 is 0 Å². The van der Waals surface area contributed by atoms with E-state index in [1.54, 1.807) is 0 Å². The van der Waals surface area contributed by atoms with Gasteiger partial charge in [0.15, 0.2) is 0 Å². The summed E-state index contributed by atoms with van der Waals surface area (Å²) in [5.74, 6) is 0.499. The van der Waals surface area contributed by atoms with E-state index in [1.165, 1.54) is 0 Å². The molecule has 0 N–H and O–H groups in total. The fraction of sp³-hybridized carbons (Fsp3) is 0.778. The molecule has 0 fully saturated rings. The van der Waals surface area contributed by atoms with E-state index in [4.69, 9.17) is 16.3 Å². The summed E-state index contributed by atoms with van der Waals surface area (Å²) in [5, 5.41) is 0. The molecule has 0 aliphatic carbocycles. The molecule has 0 amide bonds. The van der Waals surface area contributed by atoms with Crippen LogP contribution in [0.1, 0.15) is 26.7 Å². The van der Waals surface area contributed by atoms with E-state index in [9.17, 15) is 0 Å². The second-order valence-electron chi connectivity index (χ2n) is 2.79. The number of hydrogen-bond acceptors (Lipinski definition) is 1. The maximum Gasteiger partial charge on any atom is 0.0689 e. The van der Waals surface area contributed by atoms with Gasteiger partial charge in [0.1, 0.15) is 0 Å². The lowest BCUT2D eigenvalue weighted by molar-refractivity contribution is 0.0770. The highest BCUT2D eigenvalue weighted by atomic mass is 35.5. The van der Waals surface area contributed by atoms with Gasteiger partial charge in [-0.3, -0.25) is 0 Å². The molecule has 0 aliphatic rings. The maximum absolute atomic E-state index is 5.53. The highest BCUT2D eigenvalue weighted by molar-refractivity contribution is 6.19. The lowest BCUT2D eigenvalue weighted by Gasteiger charge is -2.11. The molecule has 0 rings (SSSR count). The molecule has 0 aromatic rings. The van der Waals surface area contributed by atoms with Crippen LogP contribution in [0, 0.1) is 0 Å². The largest absolute Gasteiger partial charge is 0.374 e. The molecule has 0 aromatic carbocycles. The summed E-state index contributed by atoms with van der Waals surface area (Å²) < 4.78 is 5.45. The summed E-state index contributed by atoms with van der Waals surface area (Å²) in [6.45, 7) is 8.57. The van der Waals surface area contributed by atoms with Crippen molar-refractivity contribution in [2.75, 3.05) is 12.5 Å². The van der Waals surface area contributed by atoms with E-state index >= 15 is 0 Å². The van der Waals surface area contributed by atoms with Crippen LogP contribution in [0.25, 0.3) is 0 Å². The standard InChI is InChI=1S/C9H17ClO/c1-4-5-9(3)11-7-8(2)6-10/h9H,2,4-7H2,1,3H3. The predicted molar refractivity (Wildman–Crippen MR) is 50.2 cm³/mol. The first kappa shape index (κ1) is 11.0. The van der Waals surface area contributed by atoms with Crippen molar-refractivity contribution in [3.05, 3.63) is 12.2 Å². The van der Waals surface area contributed by atoms with Crippen LogP contribution in [-0.2, 0) is 4.74 Å². The molecule has 0 spiro atoms. The summed E-state index contributed by atoms with van der Waals surface area (Å²) >= 11 is 5.53. The van der Waals surface area contributed by atoms with Crippen LogP contribution in [0.5, 0.6) is 0 Å². The van der Waals surface area contributed by atoms with Gasteiger partial charge >= 0.3 is 0 Å². The molecule has 0 saturated heterocycles. The first-order valence-electron chi connectivity index (χ1n) is 4.05. The molecule has 1 unspecified atom stereocenters. The molecule has 0 heterocycles. The second kappa shape index (κ2) is 6.68. The average Bonchev–Trinajstić information content (AvgIpc) is 2.01. The molecule has 66 valence electrons. The van der Waals surface area contributed by atoms with Crippen LogP contribution in [0.3, 0.4) is 0 Å². The van der Waals surface area contributed by atoms with Crippen molar-refractivity contribution in [3.8, 4) is 0 Å². The van der Waals surface area contributed by atoms with Crippen molar-refractivity contribution < 1.29 is 4.74 Å². The summed E-state index contributed by atoms with van der Waals surface area (Å²) in [5.41, 5.74) is 0.953. The van der Waals surface area contributed by atoms with Gasteiger partial charge in [-0.05, 0) is 18.9 Å². The predicted octanol–water partition coefficient (Wildman–Crippen LogP) is 2.99. The lowest BCUT2D eigenvalue weighted by Crippen LogP contribution is -2.10. The fourth-order valence-corrected chi connectivity index (χ4v) is 0.866. The zero-order chi connectivity index (χ0) is 8.69. The summed E-state index contributed by atoms with van der Waals surface area (Å²) in [7, 11) is 0. The van der Waals surface area contributed by atoms with Gasteiger partial charge in [0, 0.05) is 5.88 Å². The summed E-state index contributed by atoms with van der Waals surface area (Å²) in [6.07, 6.45) is 2.60. The van der Waals surface area contributed by atoms with Crippen molar-refractivity contribution >= 4 is 11.6 Å². The Bertz CT molecular complexity index is 112. The van der Waals surface area contributed by atoms with E-state index in [0.717, 1.165) is 18.4 Å². The van der Waals surface area contributed by atoms with Crippen molar-refractivity contribution in [1.29, 1.82) is 0 Å². The molecule has 0 saturated carbocycles. The Hall–Kier alpha value is -0.0100. The van der Waals surface area contributed by atoms with Gasteiger partial charge in [0.2, 0.25) is 0 Å². The smallest absolute Gasteiger partial charge is 0.0689 e. The molecule has 11 heavy (non-hydrogen) atoms. The first-order chi connectivity index (χ1) is 5.20. The van der Waals surface area contributed by atoms with Crippen LogP contribution >= 0.6 is 11.6 Å². The SMILES string of the molecule is C=C(CCl)COC(C)CCC. The Kier molecular flexibility index (Phi) is 6.68. The van der Waals surface area contributed by atoms with E-state index in [-0.39, 0.29) is 0 Å². The molecular formula is C9H17ClO. The molecule has 0 aliphatic heterocycles. The number of ether oxygens (including phenoxy) is 1. The summed E-state index contributed by atoms with van der Waals surface area (Å²) in [6, 6.07) is 0. The number of rotatable bonds is 6. The topological polar surface area (TPSA) is 9.23 Å². The first-order valence-corrected chi connectivity index (χ1v) is 4.58. The van der Waals surface area contributed by atoms with Crippen molar-refractivity contribution in [2.24, 2.45) is 0 Å². The highest BCUT2D eigenvalue weighted by Gasteiger charge is 2.00. The fourth-order valence-electron chi connectivity index (χ4n) is 0.789. The lowest BCUT2D eigenvalue weighted by atomic mass is 10.2. The minimum atomic E-state index is 0.333. The third kappa shape index (κ3) is 6.39. The van der Waals surface area contributed by atoms with Crippen molar-refractivity contribution in [1.82, 2.24) is 0 Å². The Morgan fingerprint density at radius 3 is 2.73 bits per heavy atom. The van der Waals surface area contributed by atoms with Gasteiger partial charge in [0.05, 0.1) is 12.7 Å². The van der Waals surface area contributed by atoms with Gasteiger partial charge in [0.25, 0.3) is 0 Å². The number of hydrogen-bond donors (Lipinski definition) is 0. The maximum atomic E-state index is 5.53. The van der Waals surface area contributed by atoms with E-state index in [2.05, 4.69) is 20.4 Å². The summed E-state index contributed by atoms with van der Waals surface area (Å²) in [4.78, 5) is 0. The van der Waals surface area contributed by atoms with Gasteiger partial charge in [-0.2, -0.15) is 0 Å². The average molecular weight is 177 g/mol. The molecule has 2 heteroatoms. The zero-order valence-electron chi connectivity index (χ0n) is 7.40. The van der Waals surface area contributed by atoms with Crippen molar-refractivity contribution in [3.63, 3.8) is 0 Å². The van der Waals surface area contributed by atoms with Crippen LogP contribution in [-0.4, -0.2) is 18.6 Å². The Morgan fingerprint density at radius 2 is 2.27 bits per heavy atom. The van der Waals surface area contributed by atoms with Gasteiger partial charge in [-0.25, -0.2) is 0 Å². The Labute approximate surface area is 74.4 Å². The normalized spacial score (nSPS) is 13.0. The molecule has 1 atom stereocenters. The van der Waals surface area contributed by atoms with Crippen molar-refractivity contribution in [2.45, 2.75) is 32.8 Å².